The van der Waals surface area contributed by atoms with E-state index in [1.807, 2.05) is 0 Å². The Balaban J connectivity index is 0. The van der Waals surface area contributed by atoms with Crippen molar-refractivity contribution in [1.82, 2.24) is 0 Å². The molecule has 0 aliphatic carbocycles. The number of aliphatic hydroxyl groups excluding tert-OH is 1. The number of ether oxygens (including phenoxy) is 1. The molecule has 0 aromatic heterocycles. The number of aliphatic hydroxyl groups is 1. The van der Waals surface area contributed by atoms with Gasteiger partial charge >= 0.3 is 57.4 Å². The Bertz CT molecular complexity index is 531. The average Bonchev–Trinajstić information content (AvgIpc) is 2.35. The number of rotatable bonds is 6. The maximum Gasteiger partial charge on any atom is 1.00 e. The van der Waals surface area contributed by atoms with Gasteiger partial charge in [0.15, 0.2) is 0 Å². The molecule has 1 aromatic carbocycles. The summed E-state index contributed by atoms with van der Waals surface area (Å²) < 4.78 is 34.5. The molecule has 0 aliphatic rings. The number of hydrogen-bond acceptors (Lipinski definition) is 5. The van der Waals surface area contributed by atoms with Crippen molar-refractivity contribution >= 4 is 16.1 Å². The third-order valence-electron chi connectivity index (χ3n) is 2.46. The first kappa shape index (κ1) is 20.2. The minimum absolute atomic E-state index is 0. The third kappa shape index (κ3) is 7.28. The number of carbonyl (C=O) groups is 1. The molecule has 0 amide bonds. The van der Waals surface area contributed by atoms with Crippen LogP contribution in [0.3, 0.4) is 0 Å². The molecule has 108 valence electrons. The number of carbonyl (C=O) groups excluding carboxylic acids is 1. The summed E-state index contributed by atoms with van der Waals surface area (Å²) in [5.74, 6) is -0.977. The molecule has 0 aliphatic heterocycles. The monoisotopic (exact) mass is 328 g/mol. The summed E-state index contributed by atoms with van der Waals surface area (Å²) in [5.41, 5.74) is 0.823. The van der Waals surface area contributed by atoms with Gasteiger partial charge in [0.05, 0.1) is 24.0 Å². The van der Waals surface area contributed by atoms with E-state index in [4.69, 9.17) is 9.29 Å². The van der Waals surface area contributed by atoms with Crippen molar-refractivity contribution < 1.29 is 80.4 Å². The van der Waals surface area contributed by atoms with Crippen molar-refractivity contribution in [2.75, 3.05) is 12.4 Å². The fourth-order valence-corrected chi connectivity index (χ4v) is 2.00. The molecule has 0 saturated carbocycles. The van der Waals surface area contributed by atoms with E-state index in [9.17, 15) is 18.3 Å². The molecule has 0 saturated heterocycles. The molecule has 8 heteroatoms. The average molecular weight is 328 g/mol. The molecule has 1 unspecified atom stereocenters. The summed E-state index contributed by atoms with van der Waals surface area (Å²) >= 11 is 0. The molecule has 20 heavy (non-hydrogen) atoms. The molecule has 1 aromatic rings. The zero-order chi connectivity index (χ0) is 14.5. The Hall–Kier alpha value is 0.196. The van der Waals surface area contributed by atoms with Crippen LogP contribution in [0.5, 0.6) is 0 Å². The van der Waals surface area contributed by atoms with E-state index in [1.54, 1.807) is 6.92 Å². The van der Waals surface area contributed by atoms with Crippen LogP contribution in [0.25, 0.3) is 0 Å². The molecule has 2 N–H and O–H groups in total. The Labute approximate surface area is 162 Å². The van der Waals surface area contributed by atoms with Gasteiger partial charge in [-0.2, -0.15) is 8.42 Å². The Morgan fingerprint density at radius 3 is 2.35 bits per heavy atom. The van der Waals surface area contributed by atoms with Crippen LogP contribution in [0.2, 0.25) is 0 Å². The SMILES string of the molecule is CCOC(=O)c1ccc(C(O)CCS(=O)(=O)O)cc1.[H-].[K+]. The second kappa shape index (κ2) is 9.26. The van der Waals surface area contributed by atoms with Gasteiger partial charge in [0.25, 0.3) is 10.1 Å². The first-order valence-electron chi connectivity index (χ1n) is 5.74. The van der Waals surface area contributed by atoms with Crippen molar-refractivity contribution in [2.24, 2.45) is 0 Å². The summed E-state index contributed by atoms with van der Waals surface area (Å²) in [6.45, 7) is 1.98. The van der Waals surface area contributed by atoms with Crippen LogP contribution in [0.4, 0.5) is 0 Å². The zero-order valence-electron chi connectivity index (χ0n) is 12.4. The molecule has 0 spiro atoms. The van der Waals surface area contributed by atoms with E-state index in [0.717, 1.165) is 0 Å². The van der Waals surface area contributed by atoms with Gasteiger partial charge in [-0.1, -0.05) is 12.1 Å². The van der Waals surface area contributed by atoms with E-state index >= 15 is 0 Å². The van der Waals surface area contributed by atoms with Gasteiger partial charge in [-0.05, 0) is 31.0 Å². The molecule has 0 heterocycles. The van der Waals surface area contributed by atoms with Crippen LogP contribution in [0.15, 0.2) is 24.3 Å². The Morgan fingerprint density at radius 1 is 1.35 bits per heavy atom. The number of esters is 1. The molecule has 0 bridgehead atoms. The molecule has 1 atom stereocenters. The van der Waals surface area contributed by atoms with Crippen molar-refractivity contribution in [3.63, 3.8) is 0 Å². The summed E-state index contributed by atoms with van der Waals surface area (Å²) in [4.78, 5) is 11.4. The first-order chi connectivity index (χ1) is 8.83. The number of hydrogen-bond donors (Lipinski definition) is 2. The smallest absolute Gasteiger partial charge is 1.00 e. The molecule has 6 nitrogen and oxygen atoms in total. The van der Waals surface area contributed by atoms with E-state index in [2.05, 4.69) is 0 Å². The minimum atomic E-state index is -4.09. The van der Waals surface area contributed by atoms with Gasteiger partial charge in [0.2, 0.25) is 0 Å². The van der Waals surface area contributed by atoms with Crippen molar-refractivity contribution in [3.05, 3.63) is 35.4 Å². The second-order valence-corrected chi connectivity index (χ2v) is 5.51. The summed E-state index contributed by atoms with van der Waals surface area (Å²) in [6, 6.07) is 6.01. The predicted molar refractivity (Wildman–Crippen MR) is 69.5 cm³/mol. The van der Waals surface area contributed by atoms with Crippen LogP contribution in [0, 0.1) is 0 Å². The van der Waals surface area contributed by atoms with E-state index in [1.165, 1.54) is 24.3 Å². The molecule has 0 radical (unpaired) electrons. The van der Waals surface area contributed by atoms with Gasteiger partial charge < -0.3 is 11.3 Å². The van der Waals surface area contributed by atoms with E-state index < -0.39 is 27.9 Å². The largest absolute Gasteiger partial charge is 1.00 e. The maximum absolute atomic E-state index is 11.4. The van der Waals surface area contributed by atoms with Gasteiger partial charge in [0, 0.05) is 0 Å². The van der Waals surface area contributed by atoms with E-state index in [0.29, 0.717) is 11.1 Å². The van der Waals surface area contributed by atoms with Gasteiger partial charge in [-0.3, -0.25) is 4.55 Å². The van der Waals surface area contributed by atoms with Crippen LogP contribution in [-0.4, -0.2) is 36.4 Å². The van der Waals surface area contributed by atoms with E-state index in [-0.39, 0.29) is 65.8 Å². The maximum atomic E-state index is 11.4. The van der Waals surface area contributed by atoms with Crippen LogP contribution < -0.4 is 51.4 Å². The normalized spacial score (nSPS) is 12.3. The first-order valence-corrected chi connectivity index (χ1v) is 7.34. The second-order valence-electron chi connectivity index (χ2n) is 3.93. The Kier molecular flexibility index (Phi) is 9.35. The standard InChI is InChI=1S/C12H16O6S.K.H/c1-2-18-12(14)10-5-3-9(4-6-10)11(13)7-8-19(15,16)17;;/h3-6,11,13H,2,7-8H2,1H3,(H,15,16,17);;/q;+1;-1. The molecule has 0 fully saturated rings. The third-order valence-corrected chi connectivity index (χ3v) is 3.21. The predicted octanol–water partition coefficient (Wildman–Crippen LogP) is -1.71. The van der Waals surface area contributed by atoms with Gasteiger partial charge in [-0.25, -0.2) is 4.79 Å². The fraction of sp³-hybridized carbons (Fsp3) is 0.417. The minimum Gasteiger partial charge on any atom is -1.00 e. The van der Waals surface area contributed by atoms with Gasteiger partial charge in [0.1, 0.15) is 0 Å². The molecule has 1 rings (SSSR count). The summed E-state index contributed by atoms with van der Waals surface area (Å²) in [7, 11) is -4.09. The zero-order valence-corrected chi connectivity index (χ0v) is 15.4. The van der Waals surface area contributed by atoms with Crippen LogP contribution in [0.1, 0.15) is 36.8 Å². The van der Waals surface area contributed by atoms with Crippen molar-refractivity contribution in [3.8, 4) is 0 Å². The number of benzene rings is 1. The summed E-state index contributed by atoms with van der Waals surface area (Å²) in [6.07, 6.45) is -1.13. The fourth-order valence-electron chi connectivity index (χ4n) is 1.48. The quantitative estimate of drug-likeness (QED) is 0.366. The topological polar surface area (TPSA) is 101 Å². The Morgan fingerprint density at radius 2 is 1.90 bits per heavy atom. The van der Waals surface area contributed by atoms with Crippen LogP contribution in [-0.2, 0) is 14.9 Å². The van der Waals surface area contributed by atoms with Crippen molar-refractivity contribution in [1.29, 1.82) is 0 Å². The summed E-state index contributed by atoms with van der Waals surface area (Å²) in [5, 5.41) is 9.72. The molecular formula is C12H17KO6S. The van der Waals surface area contributed by atoms with Crippen LogP contribution >= 0.6 is 0 Å². The van der Waals surface area contributed by atoms with Gasteiger partial charge in [-0.15, -0.1) is 0 Å². The van der Waals surface area contributed by atoms with Crippen molar-refractivity contribution in [2.45, 2.75) is 19.4 Å². The molecular weight excluding hydrogens is 311 g/mol.